The van der Waals surface area contributed by atoms with Gasteiger partial charge < -0.3 is 23.8 Å². The van der Waals surface area contributed by atoms with E-state index in [4.69, 9.17) is 23.9 Å². The summed E-state index contributed by atoms with van der Waals surface area (Å²) >= 11 is 1.29. The number of carbonyl (C=O) groups is 1. The Balaban J connectivity index is 1.54. The van der Waals surface area contributed by atoms with E-state index >= 15 is 0 Å². The largest absolute Gasteiger partial charge is 0.497 e. The monoisotopic (exact) mass is 599 g/mol. The molecule has 0 radical (unpaired) electrons. The number of benzene rings is 3. The molecule has 3 heterocycles. The van der Waals surface area contributed by atoms with Crippen LogP contribution >= 0.6 is 11.3 Å². The number of methoxy groups -OCH3 is 2. The Morgan fingerprint density at radius 2 is 1.81 bits per heavy atom. The zero-order valence-electron chi connectivity index (χ0n) is 24.6. The minimum Gasteiger partial charge on any atom is -0.497 e. The average Bonchev–Trinajstić information content (AvgIpc) is 3.34. The van der Waals surface area contributed by atoms with Crippen molar-refractivity contribution in [2.24, 2.45) is 4.99 Å². The molecule has 0 aliphatic carbocycles. The van der Waals surface area contributed by atoms with Crippen LogP contribution in [-0.2, 0) is 14.3 Å². The molecule has 0 saturated carbocycles. The maximum absolute atomic E-state index is 14.2. The number of ether oxygens (including phenoxy) is 4. The first-order valence-corrected chi connectivity index (χ1v) is 15.0. The Hall–Kier alpha value is -4.41. The second-order valence-electron chi connectivity index (χ2n) is 10.3. The zero-order chi connectivity index (χ0) is 30.1. The van der Waals surface area contributed by atoms with Crippen LogP contribution in [0.25, 0.3) is 16.8 Å². The molecular formula is C33H33N3O6S. The van der Waals surface area contributed by atoms with Crippen molar-refractivity contribution in [2.75, 3.05) is 52.0 Å². The Bertz CT molecular complexity index is 1900. The minimum absolute atomic E-state index is 0.188. The molecule has 0 bridgehead atoms. The highest BCUT2D eigenvalue weighted by molar-refractivity contribution is 7.07. The van der Waals surface area contributed by atoms with Gasteiger partial charge in [0.15, 0.2) is 4.80 Å². The van der Waals surface area contributed by atoms with Gasteiger partial charge in [-0.15, -0.1) is 0 Å². The van der Waals surface area contributed by atoms with Gasteiger partial charge in [0.25, 0.3) is 5.56 Å². The molecule has 2 aliphatic rings. The molecule has 0 N–H and O–H groups in total. The molecule has 2 aliphatic heterocycles. The van der Waals surface area contributed by atoms with Crippen LogP contribution in [-0.4, -0.2) is 57.7 Å². The first-order valence-electron chi connectivity index (χ1n) is 14.2. The molecule has 1 fully saturated rings. The molecule has 4 aromatic rings. The van der Waals surface area contributed by atoms with Crippen LogP contribution in [0.15, 0.2) is 75.7 Å². The van der Waals surface area contributed by atoms with Crippen LogP contribution in [0.5, 0.6) is 11.5 Å². The van der Waals surface area contributed by atoms with E-state index in [-0.39, 0.29) is 12.2 Å². The summed E-state index contributed by atoms with van der Waals surface area (Å²) in [6, 6.07) is 16.8. The highest BCUT2D eigenvalue weighted by atomic mass is 32.1. The standard InChI is InChI=1S/C33H33N3O6S/c1-5-42-32(38)28-20(2)34-33-36(30(28)29-25-19-24(39-3)12-8-22(25)9-13-26(29)40-4)31(37)27(43-33)18-21-6-10-23(11-7-21)35-14-16-41-17-15-35/h6-13,18-19,30H,5,14-17H2,1-4H3. The second-order valence-corrected chi connectivity index (χ2v) is 11.3. The maximum atomic E-state index is 14.2. The minimum atomic E-state index is -0.827. The number of morpholine rings is 1. The summed E-state index contributed by atoms with van der Waals surface area (Å²) < 4.78 is 24.5. The highest BCUT2D eigenvalue weighted by Crippen LogP contribution is 2.41. The van der Waals surface area contributed by atoms with Crippen molar-refractivity contribution in [1.29, 1.82) is 0 Å². The predicted molar refractivity (Wildman–Crippen MR) is 167 cm³/mol. The first kappa shape index (κ1) is 28.7. The summed E-state index contributed by atoms with van der Waals surface area (Å²) in [4.78, 5) is 35.2. The van der Waals surface area contributed by atoms with E-state index in [2.05, 4.69) is 17.0 Å². The zero-order valence-corrected chi connectivity index (χ0v) is 25.4. The van der Waals surface area contributed by atoms with Gasteiger partial charge in [0.2, 0.25) is 0 Å². The van der Waals surface area contributed by atoms with Crippen molar-refractivity contribution in [1.82, 2.24) is 4.57 Å². The number of carbonyl (C=O) groups excluding carboxylic acids is 1. The Labute approximate surface area is 252 Å². The van der Waals surface area contributed by atoms with Crippen LogP contribution in [0.3, 0.4) is 0 Å². The highest BCUT2D eigenvalue weighted by Gasteiger charge is 2.36. The lowest BCUT2D eigenvalue weighted by Crippen LogP contribution is -2.40. The van der Waals surface area contributed by atoms with Gasteiger partial charge in [0, 0.05) is 24.3 Å². The summed E-state index contributed by atoms with van der Waals surface area (Å²) in [5.74, 6) is 0.660. The van der Waals surface area contributed by atoms with E-state index in [9.17, 15) is 9.59 Å². The topological polar surface area (TPSA) is 91.6 Å². The second kappa shape index (κ2) is 12.1. The molecule has 9 nitrogen and oxygen atoms in total. The molecule has 222 valence electrons. The fraction of sp³-hybridized carbons (Fsp3) is 0.303. The number of thiazole rings is 1. The van der Waals surface area contributed by atoms with Crippen molar-refractivity contribution in [2.45, 2.75) is 19.9 Å². The third-order valence-electron chi connectivity index (χ3n) is 7.81. The summed E-state index contributed by atoms with van der Waals surface area (Å²) in [5, 5.41) is 1.71. The average molecular weight is 600 g/mol. The van der Waals surface area contributed by atoms with Gasteiger partial charge >= 0.3 is 5.97 Å². The van der Waals surface area contributed by atoms with E-state index in [0.717, 1.165) is 35.1 Å². The number of hydrogen-bond donors (Lipinski definition) is 0. The number of esters is 1. The van der Waals surface area contributed by atoms with Gasteiger partial charge in [-0.3, -0.25) is 9.36 Å². The van der Waals surface area contributed by atoms with E-state index in [1.165, 1.54) is 11.3 Å². The Morgan fingerprint density at radius 3 is 2.51 bits per heavy atom. The molecule has 0 amide bonds. The van der Waals surface area contributed by atoms with Crippen LogP contribution in [0.4, 0.5) is 5.69 Å². The molecule has 10 heteroatoms. The van der Waals surface area contributed by atoms with Crippen molar-refractivity contribution in [3.8, 4) is 11.5 Å². The van der Waals surface area contributed by atoms with E-state index < -0.39 is 12.0 Å². The number of nitrogens with zero attached hydrogens (tertiary/aromatic N) is 3. The fourth-order valence-electron chi connectivity index (χ4n) is 5.71. The lowest BCUT2D eigenvalue weighted by molar-refractivity contribution is -0.139. The predicted octanol–water partition coefficient (Wildman–Crippen LogP) is 3.81. The molecule has 1 unspecified atom stereocenters. The number of hydrogen-bond acceptors (Lipinski definition) is 9. The molecule has 3 aromatic carbocycles. The fourth-order valence-corrected chi connectivity index (χ4v) is 6.75. The third kappa shape index (κ3) is 5.32. The lowest BCUT2D eigenvalue weighted by atomic mass is 9.90. The maximum Gasteiger partial charge on any atom is 0.338 e. The van der Waals surface area contributed by atoms with Gasteiger partial charge in [0.1, 0.15) is 17.5 Å². The van der Waals surface area contributed by atoms with Crippen molar-refractivity contribution in [3.63, 3.8) is 0 Å². The molecule has 43 heavy (non-hydrogen) atoms. The molecule has 1 aromatic heterocycles. The number of aromatic nitrogens is 1. The molecule has 0 spiro atoms. The number of rotatable bonds is 7. The SMILES string of the molecule is CCOC(=O)C1=C(C)N=c2sc(=Cc3ccc(N4CCOCC4)cc3)c(=O)n2C1c1c(OC)ccc2ccc(OC)cc12. The quantitative estimate of drug-likeness (QED) is 0.299. The van der Waals surface area contributed by atoms with Crippen LogP contribution in [0, 0.1) is 0 Å². The number of fused-ring (bicyclic) bond motifs is 2. The summed E-state index contributed by atoms with van der Waals surface area (Å²) in [5.41, 5.74) is 3.22. The molecule has 1 atom stereocenters. The normalized spacial score (nSPS) is 17.1. The van der Waals surface area contributed by atoms with Crippen molar-refractivity contribution in [3.05, 3.63) is 96.7 Å². The smallest absolute Gasteiger partial charge is 0.338 e. The molecular weight excluding hydrogens is 566 g/mol. The lowest BCUT2D eigenvalue weighted by Gasteiger charge is -2.28. The Kier molecular flexibility index (Phi) is 8.05. The first-order chi connectivity index (χ1) is 20.9. The van der Waals surface area contributed by atoms with Crippen molar-refractivity contribution >= 4 is 39.8 Å². The van der Waals surface area contributed by atoms with Crippen LogP contribution in [0.2, 0.25) is 0 Å². The Morgan fingerprint density at radius 1 is 1.07 bits per heavy atom. The van der Waals surface area contributed by atoms with E-state index in [1.54, 1.807) is 32.6 Å². The number of allylic oxidation sites excluding steroid dienone is 1. The van der Waals surface area contributed by atoms with Gasteiger partial charge in [-0.05, 0) is 66.6 Å². The van der Waals surface area contributed by atoms with Gasteiger partial charge in [-0.2, -0.15) is 0 Å². The van der Waals surface area contributed by atoms with Crippen molar-refractivity contribution < 1.29 is 23.7 Å². The van der Waals surface area contributed by atoms with E-state index in [0.29, 0.717) is 50.9 Å². The molecule has 1 saturated heterocycles. The van der Waals surface area contributed by atoms with Gasteiger partial charge in [-0.1, -0.05) is 35.6 Å². The third-order valence-corrected chi connectivity index (χ3v) is 8.79. The summed E-state index contributed by atoms with van der Waals surface area (Å²) in [7, 11) is 3.18. The summed E-state index contributed by atoms with van der Waals surface area (Å²) in [6.07, 6.45) is 1.87. The molecule has 6 rings (SSSR count). The van der Waals surface area contributed by atoms with Crippen LogP contribution < -0.4 is 29.3 Å². The van der Waals surface area contributed by atoms with Gasteiger partial charge in [0.05, 0.1) is 49.8 Å². The van der Waals surface area contributed by atoms with E-state index in [1.807, 2.05) is 48.5 Å². The van der Waals surface area contributed by atoms with Gasteiger partial charge in [-0.25, -0.2) is 9.79 Å². The number of anilines is 1. The van der Waals surface area contributed by atoms with Crippen LogP contribution in [0.1, 0.15) is 31.0 Å². The summed E-state index contributed by atoms with van der Waals surface area (Å²) in [6.45, 7) is 6.85.